The molecule has 0 unspecified atom stereocenters. The highest BCUT2D eigenvalue weighted by molar-refractivity contribution is 6.42. The third kappa shape index (κ3) is 2.71. The minimum Gasteiger partial charge on any atom is -0.496 e. The molecule has 0 amide bonds. The first kappa shape index (κ1) is 13.0. The number of rotatable bonds is 4. The van der Waals surface area contributed by atoms with Crippen molar-refractivity contribution in [1.82, 2.24) is 0 Å². The number of methoxy groups -OCH3 is 1. The molecule has 0 radical (unpaired) electrons. The van der Waals surface area contributed by atoms with Gasteiger partial charge in [-0.05, 0) is 11.6 Å². The van der Waals surface area contributed by atoms with Crippen LogP contribution in [0.3, 0.4) is 0 Å². The molecule has 0 fully saturated rings. The number of ketones is 2. The van der Waals surface area contributed by atoms with Crippen LogP contribution in [0.25, 0.3) is 11.1 Å². The zero-order valence-corrected chi connectivity index (χ0v) is 10.8. The van der Waals surface area contributed by atoms with Crippen molar-refractivity contribution in [2.45, 2.75) is 6.92 Å². The van der Waals surface area contributed by atoms with Gasteiger partial charge in [0.2, 0.25) is 5.78 Å². The Morgan fingerprint density at radius 3 is 2.16 bits per heavy atom. The summed E-state index contributed by atoms with van der Waals surface area (Å²) < 4.78 is 5.29. The summed E-state index contributed by atoms with van der Waals surface area (Å²) in [5, 5.41) is 0. The lowest BCUT2D eigenvalue weighted by atomic mass is 10.0. The van der Waals surface area contributed by atoms with Crippen LogP contribution in [0, 0.1) is 0 Å². The van der Waals surface area contributed by atoms with E-state index in [1.165, 1.54) is 6.92 Å². The van der Waals surface area contributed by atoms with Crippen LogP contribution >= 0.6 is 0 Å². The molecule has 0 bridgehead atoms. The molecule has 3 heteroatoms. The summed E-state index contributed by atoms with van der Waals surface area (Å²) >= 11 is 0. The maximum absolute atomic E-state index is 11.5. The Kier molecular flexibility index (Phi) is 3.76. The minimum atomic E-state index is -0.466. The zero-order chi connectivity index (χ0) is 13.8. The smallest absolute Gasteiger partial charge is 0.228 e. The second-order valence-corrected chi connectivity index (χ2v) is 4.16. The van der Waals surface area contributed by atoms with E-state index in [4.69, 9.17) is 4.74 Å². The van der Waals surface area contributed by atoms with Crippen LogP contribution in [0.2, 0.25) is 0 Å². The quantitative estimate of drug-likeness (QED) is 0.622. The molecule has 0 aliphatic carbocycles. The van der Waals surface area contributed by atoms with Crippen molar-refractivity contribution in [1.29, 1.82) is 0 Å². The van der Waals surface area contributed by atoms with Gasteiger partial charge in [-0.15, -0.1) is 0 Å². The van der Waals surface area contributed by atoms with E-state index in [9.17, 15) is 9.59 Å². The van der Waals surface area contributed by atoms with Crippen LogP contribution in [-0.2, 0) is 4.79 Å². The summed E-state index contributed by atoms with van der Waals surface area (Å²) in [4.78, 5) is 22.6. The summed E-state index contributed by atoms with van der Waals surface area (Å²) in [5.41, 5.74) is 2.30. The van der Waals surface area contributed by atoms with E-state index < -0.39 is 11.6 Å². The molecule has 19 heavy (non-hydrogen) atoms. The Labute approximate surface area is 111 Å². The van der Waals surface area contributed by atoms with Crippen LogP contribution in [0.1, 0.15) is 17.3 Å². The van der Waals surface area contributed by atoms with Crippen molar-refractivity contribution in [3.8, 4) is 16.9 Å². The molecule has 0 aromatic heterocycles. The average molecular weight is 254 g/mol. The number of ether oxygens (including phenoxy) is 1. The highest BCUT2D eigenvalue weighted by Crippen LogP contribution is 2.29. The largest absolute Gasteiger partial charge is 0.496 e. The fourth-order valence-corrected chi connectivity index (χ4v) is 1.89. The highest BCUT2D eigenvalue weighted by atomic mass is 16.5. The molecule has 0 aliphatic rings. The number of Topliss-reactive ketones (excluding diaryl/α,β-unsaturated/α-hetero) is 2. The van der Waals surface area contributed by atoms with Crippen LogP contribution in [-0.4, -0.2) is 18.7 Å². The van der Waals surface area contributed by atoms with Crippen LogP contribution < -0.4 is 4.74 Å². The molecule has 0 spiro atoms. The van der Waals surface area contributed by atoms with Crippen molar-refractivity contribution < 1.29 is 14.3 Å². The fraction of sp³-hybridized carbons (Fsp3) is 0.125. The first-order valence-corrected chi connectivity index (χ1v) is 5.92. The third-order valence-corrected chi connectivity index (χ3v) is 2.88. The molecule has 0 N–H and O–H groups in total. The molecule has 0 aliphatic heterocycles. The molecule has 96 valence electrons. The van der Waals surface area contributed by atoms with E-state index in [2.05, 4.69) is 0 Å². The van der Waals surface area contributed by atoms with E-state index in [1.54, 1.807) is 19.2 Å². The monoisotopic (exact) mass is 254 g/mol. The summed E-state index contributed by atoms with van der Waals surface area (Å²) in [5.74, 6) is -0.148. The molecule has 2 aromatic carbocycles. The predicted molar refractivity (Wildman–Crippen MR) is 73.4 cm³/mol. The van der Waals surface area contributed by atoms with Gasteiger partial charge in [0.15, 0.2) is 5.78 Å². The summed E-state index contributed by atoms with van der Waals surface area (Å²) in [6.45, 7) is 1.27. The molecule has 0 heterocycles. The Hall–Kier alpha value is -2.42. The van der Waals surface area contributed by atoms with Crippen molar-refractivity contribution in [3.63, 3.8) is 0 Å². The van der Waals surface area contributed by atoms with Gasteiger partial charge in [-0.3, -0.25) is 9.59 Å². The van der Waals surface area contributed by atoms with E-state index in [0.29, 0.717) is 5.56 Å². The molecule has 3 nitrogen and oxygen atoms in total. The van der Waals surface area contributed by atoms with Gasteiger partial charge in [-0.2, -0.15) is 0 Å². The number of hydrogen-bond donors (Lipinski definition) is 0. The van der Waals surface area contributed by atoms with Gasteiger partial charge in [0.1, 0.15) is 5.75 Å². The summed E-state index contributed by atoms with van der Waals surface area (Å²) in [6.07, 6.45) is 0. The van der Waals surface area contributed by atoms with Crippen molar-refractivity contribution in [2.75, 3.05) is 7.11 Å². The lowest BCUT2D eigenvalue weighted by Gasteiger charge is -2.08. The summed E-state index contributed by atoms with van der Waals surface area (Å²) in [6, 6.07) is 14.6. The second kappa shape index (κ2) is 5.48. The molecular formula is C16H14O3. The number of benzene rings is 2. The molecule has 2 rings (SSSR count). The maximum atomic E-state index is 11.5. The van der Waals surface area contributed by atoms with Crippen molar-refractivity contribution in [2.24, 2.45) is 0 Å². The lowest BCUT2D eigenvalue weighted by molar-refractivity contribution is -0.113. The van der Waals surface area contributed by atoms with Crippen molar-refractivity contribution >= 4 is 11.6 Å². The van der Waals surface area contributed by atoms with E-state index in [-0.39, 0.29) is 0 Å². The van der Waals surface area contributed by atoms with Crippen LogP contribution in [0.4, 0.5) is 0 Å². The van der Waals surface area contributed by atoms with Gasteiger partial charge in [-0.1, -0.05) is 42.5 Å². The number of hydrogen-bond acceptors (Lipinski definition) is 3. The Morgan fingerprint density at radius 1 is 0.947 bits per heavy atom. The maximum Gasteiger partial charge on any atom is 0.228 e. The Morgan fingerprint density at radius 2 is 1.58 bits per heavy atom. The van der Waals surface area contributed by atoms with Gasteiger partial charge in [-0.25, -0.2) is 0 Å². The van der Waals surface area contributed by atoms with Crippen LogP contribution in [0.15, 0.2) is 48.5 Å². The average Bonchev–Trinajstić information content (AvgIpc) is 2.46. The van der Waals surface area contributed by atoms with Gasteiger partial charge < -0.3 is 4.74 Å². The van der Waals surface area contributed by atoms with Crippen molar-refractivity contribution in [3.05, 3.63) is 54.1 Å². The molecule has 2 aromatic rings. The topological polar surface area (TPSA) is 43.4 Å². The Bertz CT molecular complexity index is 612. The molecule has 0 saturated carbocycles. The molecule has 0 atom stereocenters. The standard InChI is InChI=1S/C16H14O3/c1-11(17)16(18)13-9-7-12(8-10-13)14-5-3-4-6-15(14)19-2/h3-10H,1-2H3. The number of para-hydroxylation sites is 1. The van der Waals surface area contributed by atoms with E-state index in [0.717, 1.165) is 16.9 Å². The molecular weight excluding hydrogens is 240 g/mol. The number of carbonyl (C=O) groups is 2. The van der Waals surface area contributed by atoms with Gasteiger partial charge in [0.05, 0.1) is 7.11 Å². The van der Waals surface area contributed by atoms with Gasteiger partial charge >= 0.3 is 0 Å². The minimum absolute atomic E-state index is 0.408. The first-order valence-electron chi connectivity index (χ1n) is 5.92. The lowest BCUT2D eigenvalue weighted by Crippen LogP contribution is -2.09. The second-order valence-electron chi connectivity index (χ2n) is 4.16. The molecule has 0 saturated heterocycles. The Balaban J connectivity index is 2.38. The van der Waals surface area contributed by atoms with Crippen LogP contribution in [0.5, 0.6) is 5.75 Å². The first-order chi connectivity index (χ1) is 9.13. The number of carbonyl (C=O) groups excluding carboxylic acids is 2. The van der Waals surface area contributed by atoms with Gasteiger partial charge in [0, 0.05) is 18.1 Å². The normalized spacial score (nSPS) is 10.0. The van der Waals surface area contributed by atoms with E-state index in [1.807, 2.05) is 36.4 Å². The highest BCUT2D eigenvalue weighted by Gasteiger charge is 2.11. The zero-order valence-electron chi connectivity index (χ0n) is 10.8. The summed E-state index contributed by atoms with van der Waals surface area (Å²) in [7, 11) is 1.62. The van der Waals surface area contributed by atoms with Gasteiger partial charge in [0.25, 0.3) is 0 Å². The predicted octanol–water partition coefficient (Wildman–Crippen LogP) is 3.13. The van der Waals surface area contributed by atoms with E-state index >= 15 is 0 Å². The fourth-order valence-electron chi connectivity index (χ4n) is 1.89. The SMILES string of the molecule is COc1ccccc1-c1ccc(C(=O)C(C)=O)cc1. The third-order valence-electron chi connectivity index (χ3n) is 2.88.